The van der Waals surface area contributed by atoms with Crippen molar-refractivity contribution in [3.05, 3.63) is 0 Å². The summed E-state index contributed by atoms with van der Waals surface area (Å²) in [4.78, 5) is 4.07. The first-order valence-electron chi connectivity index (χ1n) is 3.86. The molecule has 0 aromatic rings. The predicted molar refractivity (Wildman–Crippen MR) is 50.8 cm³/mol. The summed E-state index contributed by atoms with van der Waals surface area (Å²) in [6.45, 7) is 0. The van der Waals surface area contributed by atoms with Crippen LogP contribution < -0.4 is 0 Å². The molecule has 70 valence electrons. The minimum absolute atomic E-state index is 0.125. The molecule has 12 heavy (non-hydrogen) atoms. The number of nitrogens with zero attached hydrogens (tertiary/aromatic N) is 2. The van der Waals surface area contributed by atoms with Crippen molar-refractivity contribution in [2.45, 2.75) is 12.3 Å². The average Bonchev–Trinajstić information content (AvgIpc) is 1.98. The van der Waals surface area contributed by atoms with E-state index in [1.54, 1.807) is 7.11 Å². The van der Waals surface area contributed by atoms with E-state index in [1.165, 1.54) is 0 Å². The Balaban J connectivity index is 4.39. The monoisotopic (exact) mass is 170 g/mol. The fourth-order valence-corrected chi connectivity index (χ4v) is 1.28. The first-order chi connectivity index (χ1) is 5.54. The van der Waals surface area contributed by atoms with Crippen molar-refractivity contribution in [3.8, 4) is 12.3 Å². The van der Waals surface area contributed by atoms with E-state index in [2.05, 4.69) is 5.92 Å². The van der Waals surface area contributed by atoms with Crippen LogP contribution in [-0.2, 0) is 4.74 Å². The van der Waals surface area contributed by atoms with Gasteiger partial charge in [0, 0.05) is 7.11 Å². The highest BCUT2D eigenvalue weighted by Gasteiger charge is 2.22. The van der Waals surface area contributed by atoms with Gasteiger partial charge in [-0.3, -0.25) is 9.80 Å². The summed E-state index contributed by atoms with van der Waals surface area (Å²) >= 11 is 0. The van der Waals surface area contributed by atoms with Gasteiger partial charge in [-0.1, -0.05) is 5.92 Å². The van der Waals surface area contributed by atoms with Crippen molar-refractivity contribution in [3.63, 3.8) is 0 Å². The van der Waals surface area contributed by atoms with Gasteiger partial charge in [-0.15, -0.1) is 6.42 Å². The molecule has 0 fully saturated rings. The molecule has 0 aliphatic heterocycles. The largest absolute Gasteiger partial charge is 0.366 e. The van der Waals surface area contributed by atoms with Gasteiger partial charge in [0.15, 0.2) is 0 Å². The van der Waals surface area contributed by atoms with E-state index >= 15 is 0 Å². The normalized spacial score (nSPS) is 13.9. The van der Waals surface area contributed by atoms with Crippen LogP contribution in [0.3, 0.4) is 0 Å². The number of ether oxygens (including phenoxy) is 1. The Morgan fingerprint density at radius 1 is 1.17 bits per heavy atom. The molecule has 0 aliphatic rings. The fraction of sp³-hybridized carbons (Fsp3) is 0.778. The van der Waals surface area contributed by atoms with E-state index in [4.69, 9.17) is 11.2 Å². The second-order valence-electron chi connectivity index (χ2n) is 3.16. The Morgan fingerprint density at radius 2 is 1.58 bits per heavy atom. The van der Waals surface area contributed by atoms with Crippen molar-refractivity contribution in [2.24, 2.45) is 0 Å². The highest BCUT2D eigenvalue weighted by Crippen LogP contribution is 2.05. The molecule has 0 bridgehead atoms. The van der Waals surface area contributed by atoms with Gasteiger partial charge in [-0.25, -0.2) is 0 Å². The molecule has 0 aliphatic carbocycles. The molecule has 0 saturated carbocycles. The molecule has 1 atom stereocenters. The van der Waals surface area contributed by atoms with Crippen LogP contribution in [0, 0.1) is 12.3 Å². The van der Waals surface area contributed by atoms with Crippen LogP contribution in [0.1, 0.15) is 0 Å². The standard InChI is InChI=1S/C9H18N2O/c1-7-8(12-6)9(10(2)3)11(4)5/h1,8-9H,2-6H3. The second kappa shape index (κ2) is 5.15. The van der Waals surface area contributed by atoms with Crippen LogP contribution in [0.25, 0.3) is 0 Å². The van der Waals surface area contributed by atoms with Crippen LogP contribution in [0.15, 0.2) is 0 Å². The predicted octanol–water partition coefficient (Wildman–Crippen LogP) is 0.0839. The quantitative estimate of drug-likeness (QED) is 0.439. The molecule has 0 aromatic heterocycles. The summed E-state index contributed by atoms with van der Waals surface area (Å²) < 4.78 is 5.16. The van der Waals surface area contributed by atoms with Gasteiger partial charge < -0.3 is 4.74 Å². The van der Waals surface area contributed by atoms with Crippen molar-refractivity contribution in [1.82, 2.24) is 9.80 Å². The molecule has 3 nitrogen and oxygen atoms in total. The number of terminal acetylenes is 1. The number of hydrogen-bond acceptors (Lipinski definition) is 3. The van der Waals surface area contributed by atoms with Gasteiger partial charge in [0.2, 0.25) is 0 Å². The zero-order chi connectivity index (χ0) is 9.72. The van der Waals surface area contributed by atoms with E-state index in [0.29, 0.717) is 0 Å². The lowest BCUT2D eigenvalue weighted by molar-refractivity contribution is 0.00272. The summed E-state index contributed by atoms with van der Waals surface area (Å²) in [5.74, 6) is 2.61. The molecule has 3 heteroatoms. The molecule has 0 N–H and O–H groups in total. The molecular formula is C9H18N2O. The van der Waals surface area contributed by atoms with Crippen molar-refractivity contribution < 1.29 is 4.74 Å². The van der Waals surface area contributed by atoms with Gasteiger partial charge in [-0.05, 0) is 28.2 Å². The number of likely N-dealkylation sites (N-methyl/N-ethyl adjacent to an activating group) is 2. The average molecular weight is 170 g/mol. The molecule has 0 spiro atoms. The molecule has 1 unspecified atom stereocenters. The van der Waals surface area contributed by atoms with Crippen molar-refractivity contribution in [1.29, 1.82) is 0 Å². The summed E-state index contributed by atoms with van der Waals surface area (Å²) in [7, 11) is 9.55. The minimum Gasteiger partial charge on any atom is -0.366 e. The van der Waals surface area contributed by atoms with Crippen LogP contribution in [-0.4, -0.2) is 57.4 Å². The topological polar surface area (TPSA) is 15.7 Å². The molecule has 0 radical (unpaired) electrons. The van der Waals surface area contributed by atoms with Gasteiger partial charge in [0.25, 0.3) is 0 Å². The van der Waals surface area contributed by atoms with Crippen molar-refractivity contribution in [2.75, 3.05) is 35.3 Å². The summed E-state index contributed by atoms with van der Waals surface area (Å²) in [5, 5.41) is 0. The zero-order valence-corrected chi connectivity index (χ0v) is 8.53. The third-order valence-corrected chi connectivity index (χ3v) is 1.75. The van der Waals surface area contributed by atoms with Crippen LogP contribution in [0.4, 0.5) is 0 Å². The van der Waals surface area contributed by atoms with E-state index in [0.717, 1.165) is 0 Å². The summed E-state index contributed by atoms with van der Waals surface area (Å²) in [6.07, 6.45) is 5.27. The van der Waals surface area contributed by atoms with E-state index < -0.39 is 0 Å². The first kappa shape index (κ1) is 11.4. The van der Waals surface area contributed by atoms with E-state index in [1.807, 2.05) is 38.0 Å². The number of hydrogen-bond donors (Lipinski definition) is 0. The SMILES string of the molecule is C#CC(OC)C(N(C)C)N(C)C. The van der Waals surface area contributed by atoms with Crippen LogP contribution >= 0.6 is 0 Å². The maximum atomic E-state index is 5.33. The van der Waals surface area contributed by atoms with Crippen molar-refractivity contribution >= 4 is 0 Å². The maximum Gasteiger partial charge on any atom is 0.146 e. The van der Waals surface area contributed by atoms with Crippen LogP contribution in [0.2, 0.25) is 0 Å². The maximum absolute atomic E-state index is 5.33. The van der Waals surface area contributed by atoms with Gasteiger partial charge >= 0.3 is 0 Å². The fourth-order valence-electron chi connectivity index (χ4n) is 1.28. The molecule has 0 amide bonds. The smallest absolute Gasteiger partial charge is 0.146 e. The zero-order valence-electron chi connectivity index (χ0n) is 8.53. The molecule has 0 saturated heterocycles. The second-order valence-corrected chi connectivity index (χ2v) is 3.16. The number of rotatable bonds is 4. The van der Waals surface area contributed by atoms with Gasteiger partial charge in [0.1, 0.15) is 6.10 Å². The Kier molecular flexibility index (Phi) is 4.91. The number of methoxy groups -OCH3 is 1. The van der Waals surface area contributed by atoms with E-state index in [9.17, 15) is 0 Å². The van der Waals surface area contributed by atoms with Gasteiger partial charge in [0.05, 0.1) is 6.17 Å². The molecule has 0 heterocycles. The third-order valence-electron chi connectivity index (χ3n) is 1.75. The first-order valence-corrected chi connectivity index (χ1v) is 3.86. The lowest BCUT2D eigenvalue weighted by Gasteiger charge is -2.33. The van der Waals surface area contributed by atoms with Crippen LogP contribution in [0.5, 0.6) is 0 Å². The third kappa shape index (κ3) is 2.82. The Morgan fingerprint density at radius 3 is 1.67 bits per heavy atom. The highest BCUT2D eigenvalue weighted by atomic mass is 16.5. The molecule has 0 rings (SSSR count). The minimum atomic E-state index is -0.185. The lowest BCUT2D eigenvalue weighted by Crippen LogP contribution is -2.49. The highest BCUT2D eigenvalue weighted by molar-refractivity contribution is 5.00. The Hall–Kier alpha value is -0.560. The summed E-state index contributed by atoms with van der Waals surface area (Å²) in [5.41, 5.74) is 0. The molecule has 0 aromatic carbocycles. The summed E-state index contributed by atoms with van der Waals surface area (Å²) in [6, 6.07) is 0. The van der Waals surface area contributed by atoms with E-state index in [-0.39, 0.29) is 12.3 Å². The van der Waals surface area contributed by atoms with Gasteiger partial charge in [-0.2, -0.15) is 0 Å². The Labute approximate surface area is 75.3 Å². The molecular weight excluding hydrogens is 152 g/mol. The Bertz CT molecular complexity index is 152. The lowest BCUT2D eigenvalue weighted by atomic mass is 10.2.